The van der Waals surface area contributed by atoms with E-state index in [0.29, 0.717) is 0 Å². The Balaban J connectivity index is 2.57. The van der Waals surface area contributed by atoms with Gasteiger partial charge in [-0.05, 0) is 17.5 Å². The van der Waals surface area contributed by atoms with E-state index in [4.69, 9.17) is 4.55 Å². The minimum Gasteiger partial charge on any atom is -0.343 e. The quantitative estimate of drug-likeness (QED) is 0.793. The second-order valence-corrected chi connectivity index (χ2v) is 3.62. The summed E-state index contributed by atoms with van der Waals surface area (Å²) in [7, 11) is 0. The van der Waals surface area contributed by atoms with E-state index in [2.05, 4.69) is 4.18 Å². The monoisotopic (exact) mass is 228 g/mol. The Bertz CT molecular complexity index is 358. The minimum absolute atomic E-state index is 0.0102. The molecular formula is C10H12O4S. The molecule has 82 valence electrons. The first-order valence-corrected chi connectivity index (χ1v) is 5.55. The normalized spacial score (nSPS) is 12.1. The van der Waals surface area contributed by atoms with Crippen LogP contribution in [-0.4, -0.2) is 14.7 Å². The fraction of sp³-hybridized carbons (Fsp3) is 0.300. The van der Waals surface area contributed by atoms with Crippen LogP contribution in [0.3, 0.4) is 0 Å². The molecule has 0 amide bonds. The van der Waals surface area contributed by atoms with Crippen molar-refractivity contribution >= 4 is 17.3 Å². The fourth-order valence-electron chi connectivity index (χ4n) is 1.17. The lowest BCUT2D eigenvalue weighted by molar-refractivity contribution is -0.133. The van der Waals surface area contributed by atoms with Crippen LogP contribution in [0.5, 0.6) is 0 Å². The van der Waals surface area contributed by atoms with E-state index in [1.54, 1.807) is 12.1 Å². The van der Waals surface area contributed by atoms with E-state index >= 15 is 0 Å². The van der Waals surface area contributed by atoms with Crippen LogP contribution in [0, 0.1) is 0 Å². The Morgan fingerprint density at radius 1 is 1.33 bits per heavy atom. The van der Waals surface area contributed by atoms with Crippen LogP contribution in [0.1, 0.15) is 18.1 Å². The highest BCUT2D eigenvalue weighted by Crippen LogP contribution is 2.06. The van der Waals surface area contributed by atoms with Gasteiger partial charge in [0, 0.05) is 0 Å². The first-order valence-electron chi connectivity index (χ1n) is 4.51. The molecule has 15 heavy (non-hydrogen) atoms. The third-order valence-electron chi connectivity index (χ3n) is 1.94. The molecule has 0 aliphatic heterocycles. The molecule has 4 nitrogen and oxygen atoms in total. The lowest BCUT2D eigenvalue weighted by Crippen LogP contribution is -2.09. The SMILES string of the molecule is CCc1ccc(CC(=O)OS(=O)O)cc1. The van der Waals surface area contributed by atoms with Crippen molar-refractivity contribution in [2.45, 2.75) is 19.8 Å². The van der Waals surface area contributed by atoms with Crippen molar-refractivity contribution in [2.24, 2.45) is 0 Å². The van der Waals surface area contributed by atoms with Gasteiger partial charge in [-0.15, -0.1) is 0 Å². The standard InChI is InChI=1S/C10H12O4S/c1-2-8-3-5-9(6-4-8)7-10(11)14-15(12)13/h3-6H,2,7H2,1H3,(H,12,13). The molecule has 0 aromatic heterocycles. The molecule has 0 radical (unpaired) electrons. The van der Waals surface area contributed by atoms with Gasteiger partial charge >= 0.3 is 17.3 Å². The van der Waals surface area contributed by atoms with E-state index in [1.165, 1.54) is 5.56 Å². The van der Waals surface area contributed by atoms with Crippen LogP contribution in [-0.2, 0) is 33.2 Å². The van der Waals surface area contributed by atoms with E-state index in [-0.39, 0.29) is 6.42 Å². The predicted molar refractivity (Wildman–Crippen MR) is 56.4 cm³/mol. The lowest BCUT2D eigenvalue weighted by Gasteiger charge is -2.01. The lowest BCUT2D eigenvalue weighted by atomic mass is 10.1. The Hall–Kier alpha value is -1.20. The molecule has 5 heteroatoms. The Labute approximate surface area is 90.8 Å². The van der Waals surface area contributed by atoms with Crippen molar-refractivity contribution < 1.29 is 17.7 Å². The highest BCUT2D eigenvalue weighted by molar-refractivity contribution is 7.74. The van der Waals surface area contributed by atoms with Crippen LogP contribution in [0.25, 0.3) is 0 Å². The molecule has 0 saturated carbocycles. The van der Waals surface area contributed by atoms with Gasteiger partial charge in [0.15, 0.2) is 0 Å². The molecular weight excluding hydrogens is 216 g/mol. The topological polar surface area (TPSA) is 63.6 Å². The highest BCUT2D eigenvalue weighted by atomic mass is 32.2. The maximum Gasteiger partial charge on any atom is 0.360 e. The van der Waals surface area contributed by atoms with Gasteiger partial charge in [-0.2, -0.15) is 4.21 Å². The van der Waals surface area contributed by atoms with Gasteiger partial charge in [0.25, 0.3) is 0 Å². The summed E-state index contributed by atoms with van der Waals surface area (Å²) in [6.45, 7) is 2.04. The number of benzene rings is 1. The van der Waals surface area contributed by atoms with E-state index < -0.39 is 17.3 Å². The second-order valence-electron chi connectivity index (χ2n) is 3.02. The molecule has 0 aliphatic rings. The maximum atomic E-state index is 11.0. The first-order chi connectivity index (χ1) is 7.11. The van der Waals surface area contributed by atoms with E-state index in [0.717, 1.165) is 12.0 Å². The molecule has 0 heterocycles. The molecule has 0 saturated heterocycles. The number of aryl methyl sites for hydroxylation is 1. The number of rotatable bonds is 4. The fourth-order valence-corrected chi connectivity index (χ4v) is 1.39. The zero-order valence-corrected chi connectivity index (χ0v) is 9.12. The zero-order chi connectivity index (χ0) is 11.3. The average Bonchev–Trinajstić information content (AvgIpc) is 2.17. The molecule has 1 unspecified atom stereocenters. The molecule has 0 spiro atoms. The van der Waals surface area contributed by atoms with Crippen LogP contribution in [0.4, 0.5) is 0 Å². The first kappa shape index (κ1) is 11.9. The molecule has 1 N–H and O–H groups in total. The van der Waals surface area contributed by atoms with Gasteiger partial charge in [0.1, 0.15) is 0 Å². The van der Waals surface area contributed by atoms with Crippen molar-refractivity contribution in [2.75, 3.05) is 0 Å². The molecule has 1 atom stereocenters. The average molecular weight is 228 g/mol. The van der Waals surface area contributed by atoms with Crippen molar-refractivity contribution in [3.05, 3.63) is 35.4 Å². The maximum absolute atomic E-state index is 11.0. The Morgan fingerprint density at radius 2 is 1.87 bits per heavy atom. The number of carbonyl (C=O) groups excluding carboxylic acids is 1. The molecule has 0 aliphatic carbocycles. The summed E-state index contributed by atoms with van der Waals surface area (Å²) in [5.41, 5.74) is 1.94. The van der Waals surface area contributed by atoms with Crippen LogP contribution >= 0.6 is 0 Å². The summed E-state index contributed by atoms with van der Waals surface area (Å²) in [6, 6.07) is 7.44. The van der Waals surface area contributed by atoms with Crippen molar-refractivity contribution in [3.63, 3.8) is 0 Å². The van der Waals surface area contributed by atoms with E-state index in [1.807, 2.05) is 19.1 Å². The minimum atomic E-state index is -2.52. The van der Waals surface area contributed by atoms with Crippen molar-refractivity contribution in [1.29, 1.82) is 0 Å². The van der Waals surface area contributed by atoms with Crippen LogP contribution in [0.15, 0.2) is 24.3 Å². The third-order valence-corrected chi connectivity index (χ3v) is 2.27. The Morgan fingerprint density at radius 3 is 2.33 bits per heavy atom. The molecule has 1 aromatic rings. The number of hydrogen-bond acceptors (Lipinski definition) is 3. The zero-order valence-electron chi connectivity index (χ0n) is 8.30. The summed E-state index contributed by atoms with van der Waals surface area (Å²) < 4.78 is 22.6. The van der Waals surface area contributed by atoms with Gasteiger partial charge in [-0.1, -0.05) is 31.2 Å². The second kappa shape index (κ2) is 5.63. The van der Waals surface area contributed by atoms with Gasteiger partial charge in [-0.25, -0.2) is 0 Å². The molecule has 0 bridgehead atoms. The molecule has 1 aromatic carbocycles. The van der Waals surface area contributed by atoms with Gasteiger partial charge in [-0.3, -0.25) is 9.35 Å². The third kappa shape index (κ3) is 4.22. The summed E-state index contributed by atoms with van der Waals surface area (Å²) in [5, 5.41) is 0. The molecule has 0 fully saturated rings. The smallest absolute Gasteiger partial charge is 0.343 e. The molecule has 1 rings (SSSR count). The summed E-state index contributed by atoms with van der Waals surface area (Å²) in [6.07, 6.45) is 0.946. The summed E-state index contributed by atoms with van der Waals surface area (Å²) in [4.78, 5) is 11.0. The van der Waals surface area contributed by atoms with Crippen LogP contribution in [0.2, 0.25) is 0 Å². The van der Waals surface area contributed by atoms with Crippen molar-refractivity contribution in [3.8, 4) is 0 Å². The summed E-state index contributed by atoms with van der Waals surface area (Å²) >= 11 is -2.52. The van der Waals surface area contributed by atoms with Crippen LogP contribution < -0.4 is 0 Å². The summed E-state index contributed by atoms with van der Waals surface area (Å²) in [5.74, 6) is -0.708. The van der Waals surface area contributed by atoms with Gasteiger partial charge < -0.3 is 4.18 Å². The Kier molecular flexibility index (Phi) is 4.45. The highest BCUT2D eigenvalue weighted by Gasteiger charge is 2.07. The largest absolute Gasteiger partial charge is 0.360 e. The number of hydrogen-bond donors (Lipinski definition) is 1. The van der Waals surface area contributed by atoms with E-state index in [9.17, 15) is 9.00 Å². The van der Waals surface area contributed by atoms with Gasteiger partial charge in [0.05, 0.1) is 6.42 Å². The van der Waals surface area contributed by atoms with Gasteiger partial charge in [0.2, 0.25) is 0 Å². The number of carbonyl (C=O) groups is 1. The van der Waals surface area contributed by atoms with Crippen molar-refractivity contribution in [1.82, 2.24) is 0 Å². The predicted octanol–water partition coefficient (Wildman–Crippen LogP) is 1.47.